The van der Waals surface area contributed by atoms with E-state index in [1.54, 1.807) is 6.92 Å². The van der Waals surface area contributed by atoms with Gasteiger partial charge in [0.05, 0.1) is 12.0 Å². The molecule has 3 aromatic rings. The first-order valence-electron chi connectivity index (χ1n) is 10.6. The summed E-state index contributed by atoms with van der Waals surface area (Å²) in [5, 5.41) is 10.5. The van der Waals surface area contributed by atoms with E-state index >= 15 is 0 Å². The van der Waals surface area contributed by atoms with E-state index in [9.17, 15) is 9.90 Å². The summed E-state index contributed by atoms with van der Waals surface area (Å²) in [4.78, 5) is 11.3. The lowest BCUT2D eigenvalue weighted by Crippen LogP contribution is -2.20. The molecule has 0 saturated heterocycles. The zero-order valence-corrected chi connectivity index (χ0v) is 17.2. The third kappa shape index (κ3) is 4.16. The molecule has 1 saturated carbocycles. The maximum atomic E-state index is 11.3. The average molecular weight is 392 g/mol. The van der Waals surface area contributed by atoms with Crippen LogP contribution in [0.15, 0.2) is 48.7 Å². The van der Waals surface area contributed by atoms with Gasteiger partial charge in [-0.15, -0.1) is 0 Å². The van der Waals surface area contributed by atoms with Crippen molar-refractivity contribution >= 4 is 16.9 Å². The maximum absolute atomic E-state index is 11.3. The Morgan fingerprint density at radius 2 is 1.93 bits per heavy atom. The molecule has 0 spiro atoms. The number of nitrogens with zero attached hydrogens (tertiary/aromatic N) is 1. The van der Waals surface area contributed by atoms with E-state index in [2.05, 4.69) is 48.1 Å². The van der Waals surface area contributed by atoms with Crippen molar-refractivity contribution in [3.8, 4) is 16.9 Å². The van der Waals surface area contributed by atoms with E-state index in [1.165, 1.54) is 30.2 Å². The van der Waals surface area contributed by atoms with Crippen molar-refractivity contribution in [3.63, 3.8) is 0 Å². The molecule has 152 valence electrons. The molecular weight excluding hydrogens is 362 g/mol. The third-order valence-corrected chi connectivity index (χ3v) is 6.07. The van der Waals surface area contributed by atoms with Crippen LogP contribution in [-0.4, -0.2) is 21.7 Å². The molecule has 4 rings (SSSR count). The number of ether oxygens (including phenoxy) is 1. The molecule has 0 amide bonds. The minimum atomic E-state index is -0.765. The van der Waals surface area contributed by atoms with E-state index in [-0.39, 0.29) is 6.10 Å². The predicted molar refractivity (Wildman–Crippen MR) is 116 cm³/mol. The summed E-state index contributed by atoms with van der Waals surface area (Å²) in [7, 11) is 2.05. The zero-order valence-electron chi connectivity index (χ0n) is 17.2. The first kappa shape index (κ1) is 19.6. The Kier molecular flexibility index (Phi) is 5.61. The Labute approximate surface area is 172 Å². The summed E-state index contributed by atoms with van der Waals surface area (Å²) in [6.07, 6.45) is 8.80. The molecule has 2 aromatic carbocycles. The smallest absolute Gasteiger partial charge is 0.306 e. The number of rotatable bonds is 6. The Morgan fingerprint density at radius 3 is 2.69 bits per heavy atom. The van der Waals surface area contributed by atoms with Crippen LogP contribution in [0.5, 0.6) is 5.75 Å². The topological polar surface area (TPSA) is 51.5 Å². The summed E-state index contributed by atoms with van der Waals surface area (Å²) < 4.78 is 8.60. The van der Waals surface area contributed by atoms with E-state index in [0.29, 0.717) is 6.42 Å². The van der Waals surface area contributed by atoms with E-state index in [4.69, 9.17) is 4.74 Å². The largest absolute Gasteiger partial charge is 0.490 e. The van der Waals surface area contributed by atoms with Crippen molar-refractivity contribution in [3.05, 3.63) is 54.2 Å². The SMILES string of the molecule is CC(Cc1ccc(OC2CCCCC2)c(-c2cccc3c2ccn3C)c1)C(=O)O. The molecule has 1 aromatic heterocycles. The van der Waals surface area contributed by atoms with Crippen molar-refractivity contribution in [2.24, 2.45) is 13.0 Å². The molecule has 1 fully saturated rings. The van der Waals surface area contributed by atoms with Crippen LogP contribution in [0.1, 0.15) is 44.6 Å². The molecule has 0 bridgehead atoms. The van der Waals surface area contributed by atoms with Gasteiger partial charge >= 0.3 is 5.97 Å². The molecule has 1 atom stereocenters. The van der Waals surface area contributed by atoms with Crippen molar-refractivity contribution in [1.29, 1.82) is 0 Å². The monoisotopic (exact) mass is 391 g/mol. The van der Waals surface area contributed by atoms with Gasteiger partial charge in [-0.05, 0) is 67.5 Å². The second kappa shape index (κ2) is 8.32. The fourth-order valence-electron chi connectivity index (χ4n) is 4.36. The Hall–Kier alpha value is -2.75. The summed E-state index contributed by atoms with van der Waals surface area (Å²) in [6, 6.07) is 14.7. The number of benzene rings is 2. The standard InChI is InChI=1S/C25H29NO3/c1-17(25(27)28)15-18-11-12-24(29-19-7-4-3-5-8-19)22(16-18)20-9-6-10-23-21(20)13-14-26(23)2/h6,9-14,16-17,19H,3-5,7-8,15H2,1-2H3,(H,27,28). The van der Waals surface area contributed by atoms with Crippen LogP contribution in [0, 0.1) is 5.92 Å². The second-order valence-electron chi connectivity index (χ2n) is 8.32. The van der Waals surface area contributed by atoms with Gasteiger partial charge in [0, 0.05) is 29.7 Å². The lowest BCUT2D eigenvalue weighted by molar-refractivity contribution is -0.141. The molecule has 0 radical (unpaired) electrons. The van der Waals surface area contributed by atoms with Gasteiger partial charge in [0.2, 0.25) is 0 Å². The highest BCUT2D eigenvalue weighted by molar-refractivity contribution is 5.97. The lowest BCUT2D eigenvalue weighted by Gasteiger charge is -2.25. The predicted octanol–water partition coefficient (Wildman–Crippen LogP) is 5.82. The van der Waals surface area contributed by atoms with Gasteiger partial charge in [0.15, 0.2) is 0 Å². The first-order valence-corrected chi connectivity index (χ1v) is 10.6. The Balaban J connectivity index is 1.77. The molecule has 4 nitrogen and oxygen atoms in total. The van der Waals surface area contributed by atoms with Crippen molar-refractivity contribution in [2.75, 3.05) is 0 Å². The number of carboxylic acids is 1. The van der Waals surface area contributed by atoms with Gasteiger partial charge in [-0.25, -0.2) is 0 Å². The average Bonchev–Trinajstić information content (AvgIpc) is 3.11. The quantitative estimate of drug-likeness (QED) is 0.576. The van der Waals surface area contributed by atoms with Crippen molar-refractivity contribution in [2.45, 2.75) is 51.6 Å². The van der Waals surface area contributed by atoms with Gasteiger partial charge in [0.25, 0.3) is 0 Å². The fourth-order valence-corrected chi connectivity index (χ4v) is 4.36. The van der Waals surface area contributed by atoms with E-state index < -0.39 is 11.9 Å². The Bertz CT molecular complexity index is 1010. The number of aromatic nitrogens is 1. The highest BCUT2D eigenvalue weighted by Gasteiger charge is 2.20. The summed E-state index contributed by atoms with van der Waals surface area (Å²) in [6.45, 7) is 1.76. The first-order chi connectivity index (χ1) is 14.0. The molecule has 1 unspecified atom stereocenters. The van der Waals surface area contributed by atoms with Crippen LogP contribution < -0.4 is 4.74 Å². The minimum absolute atomic E-state index is 0.265. The highest BCUT2D eigenvalue weighted by Crippen LogP contribution is 2.38. The van der Waals surface area contributed by atoms with Crippen LogP contribution in [0.4, 0.5) is 0 Å². The molecule has 29 heavy (non-hydrogen) atoms. The number of carboxylic acid groups (broad SMARTS) is 1. The van der Waals surface area contributed by atoms with Crippen LogP contribution in [0.2, 0.25) is 0 Å². The number of aryl methyl sites for hydroxylation is 1. The second-order valence-corrected chi connectivity index (χ2v) is 8.32. The van der Waals surface area contributed by atoms with Gasteiger partial charge in [-0.2, -0.15) is 0 Å². The zero-order chi connectivity index (χ0) is 20.4. The van der Waals surface area contributed by atoms with E-state index in [1.807, 2.05) is 12.1 Å². The molecule has 1 aliphatic rings. The van der Waals surface area contributed by atoms with Gasteiger partial charge in [-0.1, -0.05) is 31.5 Å². The third-order valence-electron chi connectivity index (χ3n) is 6.07. The highest BCUT2D eigenvalue weighted by atomic mass is 16.5. The molecule has 4 heteroatoms. The number of carbonyl (C=O) groups is 1. The molecular formula is C25H29NO3. The number of aliphatic carboxylic acids is 1. The van der Waals surface area contributed by atoms with Crippen LogP contribution in [0.3, 0.4) is 0 Å². The van der Waals surface area contributed by atoms with E-state index in [0.717, 1.165) is 35.3 Å². The van der Waals surface area contributed by atoms with Crippen LogP contribution in [0.25, 0.3) is 22.0 Å². The van der Waals surface area contributed by atoms with Crippen molar-refractivity contribution in [1.82, 2.24) is 4.57 Å². The van der Waals surface area contributed by atoms with Gasteiger partial charge in [0.1, 0.15) is 5.75 Å². The molecule has 1 aliphatic carbocycles. The number of hydrogen-bond acceptors (Lipinski definition) is 2. The summed E-state index contributed by atoms with van der Waals surface area (Å²) >= 11 is 0. The molecule has 1 heterocycles. The summed E-state index contributed by atoms with van der Waals surface area (Å²) in [5.41, 5.74) is 4.40. The van der Waals surface area contributed by atoms with Gasteiger partial charge in [-0.3, -0.25) is 4.79 Å². The normalized spacial score (nSPS) is 16.1. The number of hydrogen-bond donors (Lipinski definition) is 1. The summed E-state index contributed by atoms with van der Waals surface area (Å²) in [5.74, 6) is -0.278. The number of fused-ring (bicyclic) bond motifs is 1. The molecule has 1 N–H and O–H groups in total. The maximum Gasteiger partial charge on any atom is 0.306 e. The van der Waals surface area contributed by atoms with Gasteiger partial charge < -0.3 is 14.4 Å². The fraction of sp³-hybridized carbons (Fsp3) is 0.400. The molecule has 0 aliphatic heterocycles. The van der Waals surface area contributed by atoms with Crippen LogP contribution in [-0.2, 0) is 18.3 Å². The minimum Gasteiger partial charge on any atom is -0.490 e. The lowest BCUT2D eigenvalue weighted by atomic mass is 9.94. The van der Waals surface area contributed by atoms with Crippen LogP contribution >= 0.6 is 0 Å². The Morgan fingerprint density at radius 1 is 1.14 bits per heavy atom. The van der Waals surface area contributed by atoms with Crippen molar-refractivity contribution < 1.29 is 14.6 Å².